The van der Waals surface area contributed by atoms with Crippen molar-refractivity contribution in [3.63, 3.8) is 0 Å². The van der Waals surface area contributed by atoms with Gasteiger partial charge in [-0.15, -0.1) is 11.3 Å². The van der Waals surface area contributed by atoms with Gasteiger partial charge in [-0.25, -0.2) is 0 Å². The number of fused-ring (bicyclic) bond motifs is 1. The third kappa shape index (κ3) is 2.73. The van der Waals surface area contributed by atoms with Crippen molar-refractivity contribution in [3.05, 3.63) is 28.1 Å². The van der Waals surface area contributed by atoms with Crippen molar-refractivity contribution in [2.75, 3.05) is 25.4 Å². The maximum atomic E-state index is 12.6. The summed E-state index contributed by atoms with van der Waals surface area (Å²) in [6, 6.07) is 5.49. The van der Waals surface area contributed by atoms with Crippen molar-refractivity contribution >= 4 is 44.6 Å². The third-order valence-corrected chi connectivity index (χ3v) is 5.39. The molecule has 0 radical (unpaired) electrons. The van der Waals surface area contributed by atoms with Gasteiger partial charge in [0.2, 0.25) is 0 Å². The highest BCUT2D eigenvalue weighted by Crippen LogP contribution is 2.36. The molecule has 1 aromatic carbocycles. The molecule has 4 nitrogen and oxygen atoms in total. The molecule has 2 heterocycles. The molecule has 1 atom stereocenters. The predicted molar refractivity (Wildman–Crippen MR) is 87.0 cm³/mol. The molecule has 1 aromatic heterocycles. The van der Waals surface area contributed by atoms with Crippen LogP contribution in [0.15, 0.2) is 18.2 Å². The quantitative estimate of drug-likeness (QED) is 0.912. The maximum absolute atomic E-state index is 12.6. The van der Waals surface area contributed by atoms with Gasteiger partial charge in [0, 0.05) is 34.8 Å². The Morgan fingerprint density at radius 1 is 1.52 bits per heavy atom. The van der Waals surface area contributed by atoms with Crippen LogP contribution in [0.2, 0.25) is 5.02 Å². The predicted octanol–water partition coefficient (Wildman–Crippen LogP) is 2.98. The standard InChI is InChI=1S/C15H17ClN2O2S/c16-10-1-2-11-12(7-10)21-14(13(11)17)15(20)18-5-3-9(8-18)4-6-19/h1-2,7,9,19H,3-6,8,17H2. The van der Waals surface area contributed by atoms with Crippen LogP contribution >= 0.6 is 22.9 Å². The summed E-state index contributed by atoms with van der Waals surface area (Å²) >= 11 is 7.39. The number of nitrogens with two attached hydrogens (primary N) is 1. The van der Waals surface area contributed by atoms with E-state index < -0.39 is 0 Å². The number of nitrogens with zero attached hydrogens (tertiary/aromatic N) is 1. The van der Waals surface area contributed by atoms with Gasteiger partial charge in [-0.3, -0.25) is 4.79 Å². The molecule has 1 amide bonds. The highest BCUT2D eigenvalue weighted by molar-refractivity contribution is 7.21. The summed E-state index contributed by atoms with van der Waals surface area (Å²) in [5, 5.41) is 10.5. The van der Waals surface area contributed by atoms with Gasteiger partial charge < -0.3 is 15.7 Å². The Balaban J connectivity index is 1.87. The Labute approximate surface area is 132 Å². The number of carbonyl (C=O) groups excluding carboxylic acids is 1. The lowest BCUT2D eigenvalue weighted by atomic mass is 10.1. The third-order valence-electron chi connectivity index (χ3n) is 4.00. The lowest BCUT2D eigenvalue weighted by Gasteiger charge is -2.15. The number of nitrogen functional groups attached to an aromatic ring is 1. The minimum Gasteiger partial charge on any atom is -0.397 e. The second kappa shape index (κ2) is 5.83. The van der Waals surface area contributed by atoms with Crippen LogP contribution in [0.3, 0.4) is 0 Å². The molecular formula is C15H17ClN2O2S. The van der Waals surface area contributed by atoms with Crippen molar-refractivity contribution in [1.82, 2.24) is 4.90 Å². The average Bonchev–Trinajstić information content (AvgIpc) is 3.04. The van der Waals surface area contributed by atoms with Gasteiger partial charge in [-0.1, -0.05) is 11.6 Å². The van der Waals surface area contributed by atoms with Gasteiger partial charge in [0.1, 0.15) is 4.88 Å². The summed E-state index contributed by atoms with van der Waals surface area (Å²) in [6.07, 6.45) is 1.70. The van der Waals surface area contributed by atoms with Gasteiger partial charge in [0.05, 0.1) is 5.69 Å². The van der Waals surface area contributed by atoms with E-state index in [-0.39, 0.29) is 12.5 Å². The van der Waals surface area contributed by atoms with E-state index >= 15 is 0 Å². The number of aliphatic hydroxyl groups is 1. The first kappa shape index (κ1) is 14.6. The van der Waals surface area contributed by atoms with Crippen molar-refractivity contribution < 1.29 is 9.90 Å². The zero-order valence-electron chi connectivity index (χ0n) is 11.5. The second-order valence-electron chi connectivity index (χ2n) is 5.40. The Morgan fingerprint density at radius 3 is 3.10 bits per heavy atom. The first-order valence-corrected chi connectivity index (χ1v) is 8.17. The fraction of sp³-hybridized carbons (Fsp3) is 0.400. The van der Waals surface area contributed by atoms with E-state index in [2.05, 4.69) is 0 Å². The monoisotopic (exact) mass is 324 g/mol. The molecule has 1 saturated heterocycles. The summed E-state index contributed by atoms with van der Waals surface area (Å²) in [6.45, 7) is 1.61. The van der Waals surface area contributed by atoms with Crippen molar-refractivity contribution in [2.45, 2.75) is 12.8 Å². The molecule has 3 rings (SSSR count). The zero-order chi connectivity index (χ0) is 15.0. The van der Waals surface area contributed by atoms with Crippen LogP contribution in [-0.2, 0) is 0 Å². The van der Waals surface area contributed by atoms with Gasteiger partial charge in [0.15, 0.2) is 0 Å². The van der Waals surface area contributed by atoms with E-state index in [0.29, 0.717) is 28.0 Å². The van der Waals surface area contributed by atoms with Gasteiger partial charge in [-0.05, 0) is 37.0 Å². The molecule has 0 aliphatic carbocycles. The minimum atomic E-state index is -0.00902. The van der Waals surface area contributed by atoms with Crippen LogP contribution in [0.25, 0.3) is 10.1 Å². The van der Waals surface area contributed by atoms with E-state index in [9.17, 15) is 4.79 Å². The lowest BCUT2D eigenvalue weighted by molar-refractivity contribution is 0.0790. The summed E-state index contributed by atoms with van der Waals surface area (Å²) in [5.74, 6) is 0.384. The summed E-state index contributed by atoms with van der Waals surface area (Å²) in [5.41, 5.74) is 6.67. The van der Waals surface area contributed by atoms with Gasteiger partial charge in [-0.2, -0.15) is 0 Å². The largest absolute Gasteiger partial charge is 0.397 e. The van der Waals surface area contributed by atoms with E-state index in [1.54, 1.807) is 6.07 Å². The number of carbonyl (C=O) groups is 1. The number of hydrogen-bond donors (Lipinski definition) is 2. The fourth-order valence-electron chi connectivity index (χ4n) is 2.83. The van der Waals surface area contributed by atoms with E-state index in [4.69, 9.17) is 22.4 Å². The first-order valence-electron chi connectivity index (χ1n) is 6.98. The molecule has 3 N–H and O–H groups in total. The van der Waals surface area contributed by atoms with Gasteiger partial charge in [0.25, 0.3) is 5.91 Å². The number of amides is 1. The number of hydrogen-bond acceptors (Lipinski definition) is 4. The van der Waals surface area contributed by atoms with Crippen LogP contribution in [0.4, 0.5) is 5.69 Å². The van der Waals surface area contributed by atoms with Crippen molar-refractivity contribution in [2.24, 2.45) is 5.92 Å². The molecule has 1 unspecified atom stereocenters. The van der Waals surface area contributed by atoms with Crippen LogP contribution in [0.1, 0.15) is 22.5 Å². The summed E-state index contributed by atoms with van der Waals surface area (Å²) in [4.78, 5) is 15.1. The molecule has 1 aliphatic heterocycles. The average molecular weight is 325 g/mol. The molecule has 1 aliphatic rings. The molecule has 0 spiro atoms. The molecule has 1 fully saturated rings. The molecule has 6 heteroatoms. The summed E-state index contributed by atoms with van der Waals surface area (Å²) in [7, 11) is 0. The Bertz CT molecular complexity index is 686. The molecule has 0 saturated carbocycles. The Hall–Kier alpha value is -1.30. The second-order valence-corrected chi connectivity index (χ2v) is 6.89. The number of thiophene rings is 1. The lowest BCUT2D eigenvalue weighted by Crippen LogP contribution is -2.28. The molecule has 112 valence electrons. The first-order chi connectivity index (χ1) is 10.1. The van der Waals surface area contributed by atoms with Crippen molar-refractivity contribution in [1.29, 1.82) is 0 Å². The van der Waals surface area contributed by atoms with E-state index in [1.165, 1.54) is 11.3 Å². The van der Waals surface area contributed by atoms with Crippen LogP contribution < -0.4 is 5.73 Å². The number of halogens is 1. The van der Waals surface area contributed by atoms with Crippen LogP contribution in [-0.4, -0.2) is 35.6 Å². The van der Waals surface area contributed by atoms with E-state index in [0.717, 1.165) is 29.5 Å². The normalized spacial score (nSPS) is 18.6. The zero-order valence-corrected chi connectivity index (χ0v) is 13.1. The Kier molecular flexibility index (Phi) is 4.06. The number of rotatable bonds is 3. The number of anilines is 1. The topological polar surface area (TPSA) is 66.6 Å². The van der Waals surface area contributed by atoms with Crippen LogP contribution in [0.5, 0.6) is 0 Å². The molecular weight excluding hydrogens is 308 g/mol. The number of aliphatic hydroxyl groups excluding tert-OH is 1. The number of benzene rings is 1. The minimum absolute atomic E-state index is 0.00902. The van der Waals surface area contributed by atoms with Gasteiger partial charge >= 0.3 is 0 Å². The Morgan fingerprint density at radius 2 is 2.33 bits per heavy atom. The maximum Gasteiger partial charge on any atom is 0.266 e. The molecule has 0 bridgehead atoms. The van der Waals surface area contributed by atoms with E-state index in [1.807, 2.05) is 17.0 Å². The summed E-state index contributed by atoms with van der Waals surface area (Å²) < 4.78 is 0.939. The highest BCUT2D eigenvalue weighted by Gasteiger charge is 2.29. The SMILES string of the molecule is Nc1c(C(=O)N2CCC(CCO)C2)sc2cc(Cl)ccc12. The highest BCUT2D eigenvalue weighted by atomic mass is 35.5. The number of likely N-dealkylation sites (tertiary alicyclic amines) is 1. The smallest absolute Gasteiger partial charge is 0.266 e. The van der Waals surface area contributed by atoms with Crippen LogP contribution in [0, 0.1) is 5.92 Å². The molecule has 2 aromatic rings. The molecule has 21 heavy (non-hydrogen) atoms. The fourth-order valence-corrected chi connectivity index (χ4v) is 4.20. The van der Waals surface area contributed by atoms with Crippen molar-refractivity contribution in [3.8, 4) is 0 Å².